The SMILES string of the molecule is Cc1cc(Cl)c2cc(Oc3ccccc3Cl)ccc2n1. The van der Waals surface area contributed by atoms with Crippen LogP contribution in [-0.2, 0) is 0 Å². The number of aromatic nitrogens is 1. The van der Waals surface area contributed by atoms with Crippen molar-refractivity contribution in [1.82, 2.24) is 4.98 Å². The second kappa shape index (κ2) is 5.31. The highest BCUT2D eigenvalue weighted by Gasteiger charge is 2.06. The molecule has 0 bridgehead atoms. The summed E-state index contributed by atoms with van der Waals surface area (Å²) in [6, 6.07) is 14.8. The van der Waals surface area contributed by atoms with Gasteiger partial charge in [0.1, 0.15) is 11.5 Å². The third-order valence-corrected chi connectivity index (χ3v) is 3.55. The van der Waals surface area contributed by atoms with Crippen molar-refractivity contribution in [3.05, 3.63) is 64.3 Å². The van der Waals surface area contributed by atoms with Crippen LogP contribution in [0.15, 0.2) is 48.5 Å². The molecule has 4 heteroatoms. The van der Waals surface area contributed by atoms with Gasteiger partial charge in [0, 0.05) is 11.1 Å². The predicted molar refractivity (Wildman–Crippen MR) is 83.0 cm³/mol. The molecule has 20 heavy (non-hydrogen) atoms. The van der Waals surface area contributed by atoms with Gasteiger partial charge in [0.25, 0.3) is 0 Å². The zero-order valence-electron chi connectivity index (χ0n) is 10.7. The summed E-state index contributed by atoms with van der Waals surface area (Å²) in [6.45, 7) is 1.92. The molecule has 0 aliphatic carbocycles. The Hall–Kier alpha value is -1.77. The molecule has 3 aromatic rings. The van der Waals surface area contributed by atoms with Crippen LogP contribution < -0.4 is 4.74 Å². The monoisotopic (exact) mass is 303 g/mol. The molecule has 1 heterocycles. The number of pyridine rings is 1. The lowest BCUT2D eigenvalue weighted by molar-refractivity contribution is 0.483. The summed E-state index contributed by atoms with van der Waals surface area (Å²) in [5.74, 6) is 1.29. The minimum atomic E-state index is 0.570. The van der Waals surface area contributed by atoms with E-state index in [4.69, 9.17) is 27.9 Å². The molecule has 0 N–H and O–H groups in total. The lowest BCUT2D eigenvalue weighted by Crippen LogP contribution is -1.88. The average molecular weight is 304 g/mol. The van der Waals surface area contributed by atoms with Gasteiger partial charge in [-0.25, -0.2) is 0 Å². The second-order valence-electron chi connectivity index (χ2n) is 4.46. The van der Waals surface area contributed by atoms with Gasteiger partial charge in [-0.3, -0.25) is 4.98 Å². The third-order valence-electron chi connectivity index (χ3n) is 2.92. The van der Waals surface area contributed by atoms with Crippen molar-refractivity contribution in [2.75, 3.05) is 0 Å². The predicted octanol–water partition coefficient (Wildman–Crippen LogP) is 5.64. The first kappa shape index (κ1) is 13.2. The van der Waals surface area contributed by atoms with Gasteiger partial charge in [0.05, 0.1) is 15.6 Å². The van der Waals surface area contributed by atoms with Crippen molar-refractivity contribution in [2.24, 2.45) is 0 Å². The maximum absolute atomic E-state index is 6.25. The summed E-state index contributed by atoms with van der Waals surface area (Å²) in [4.78, 5) is 4.44. The number of aryl methyl sites for hydroxylation is 1. The fourth-order valence-electron chi connectivity index (χ4n) is 2.01. The molecule has 0 atom stereocenters. The topological polar surface area (TPSA) is 22.1 Å². The first-order valence-corrected chi connectivity index (χ1v) is 6.88. The molecule has 0 spiro atoms. The van der Waals surface area contributed by atoms with Crippen LogP contribution in [0.2, 0.25) is 10.0 Å². The Morgan fingerprint density at radius 1 is 0.950 bits per heavy atom. The molecule has 3 rings (SSSR count). The summed E-state index contributed by atoms with van der Waals surface area (Å²) < 4.78 is 5.78. The van der Waals surface area contributed by atoms with E-state index in [1.54, 1.807) is 6.07 Å². The van der Waals surface area contributed by atoms with Gasteiger partial charge >= 0.3 is 0 Å². The first-order chi connectivity index (χ1) is 9.63. The van der Waals surface area contributed by atoms with Gasteiger partial charge in [-0.2, -0.15) is 0 Å². The zero-order valence-corrected chi connectivity index (χ0v) is 12.2. The molecule has 1 aromatic heterocycles. The van der Waals surface area contributed by atoms with E-state index < -0.39 is 0 Å². The van der Waals surface area contributed by atoms with Gasteiger partial charge in [-0.05, 0) is 43.3 Å². The van der Waals surface area contributed by atoms with Crippen LogP contribution in [0, 0.1) is 6.92 Å². The summed E-state index contributed by atoms with van der Waals surface area (Å²) in [6.07, 6.45) is 0. The molecule has 0 saturated heterocycles. The van der Waals surface area contributed by atoms with E-state index in [1.165, 1.54) is 0 Å². The Kier molecular flexibility index (Phi) is 3.51. The molecule has 0 saturated carbocycles. The van der Waals surface area contributed by atoms with Crippen LogP contribution in [0.4, 0.5) is 0 Å². The van der Waals surface area contributed by atoms with Gasteiger partial charge in [0.2, 0.25) is 0 Å². The Balaban J connectivity index is 2.03. The molecule has 0 aliphatic heterocycles. The standard InChI is InChI=1S/C16H11Cl2NO/c1-10-8-14(18)12-9-11(6-7-15(12)19-10)20-16-5-3-2-4-13(16)17/h2-9H,1H3. The minimum Gasteiger partial charge on any atom is -0.456 e. The van der Waals surface area contributed by atoms with Crippen molar-refractivity contribution in [1.29, 1.82) is 0 Å². The van der Waals surface area contributed by atoms with Crippen molar-refractivity contribution >= 4 is 34.1 Å². The Bertz CT molecular complexity index is 787. The molecule has 0 amide bonds. The van der Waals surface area contributed by atoms with E-state index in [9.17, 15) is 0 Å². The summed E-state index contributed by atoms with van der Waals surface area (Å²) >= 11 is 12.3. The number of para-hydroxylation sites is 1. The van der Waals surface area contributed by atoms with Gasteiger partial charge in [-0.1, -0.05) is 35.3 Å². The summed E-state index contributed by atoms with van der Waals surface area (Å²) in [7, 11) is 0. The van der Waals surface area contributed by atoms with Gasteiger partial charge in [0.15, 0.2) is 0 Å². The number of benzene rings is 2. The number of rotatable bonds is 2. The number of hydrogen-bond acceptors (Lipinski definition) is 2. The first-order valence-electron chi connectivity index (χ1n) is 6.13. The molecule has 2 aromatic carbocycles. The average Bonchev–Trinajstić information content (AvgIpc) is 2.42. The highest BCUT2D eigenvalue weighted by Crippen LogP contribution is 2.32. The summed E-state index contributed by atoms with van der Waals surface area (Å²) in [5, 5.41) is 2.10. The van der Waals surface area contributed by atoms with Crippen LogP contribution >= 0.6 is 23.2 Å². The molecule has 100 valence electrons. The van der Waals surface area contributed by atoms with E-state index >= 15 is 0 Å². The number of ether oxygens (including phenoxy) is 1. The maximum Gasteiger partial charge on any atom is 0.146 e. The number of halogens is 2. The van der Waals surface area contributed by atoms with Crippen LogP contribution in [0.1, 0.15) is 5.69 Å². The van der Waals surface area contributed by atoms with Crippen molar-refractivity contribution < 1.29 is 4.74 Å². The molecule has 0 radical (unpaired) electrons. The minimum absolute atomic E-state index is 0.570. The van der Waals surface area contributed by atoms with Crippen LogP contribution in [0.5, 0.6) is 11.5 Å². The van der Waals surface area contributed by atoms with E-state index in [-0.39, 0.29) is 0 Å². The smallest absolute Gasteiger partial charge is 0.146 e. The normalized spacial score (nSPS) is 10.8. The second-order valence-corrected chi connectivity index (χ2v) is 5.27. The van der Waals surface area contributed by atoms with Crippen LogP contribution in [0.25, 0.3) is 10.9 Å². The summed E-state index contributed by atoms with van der Waals surface area (Å²) in [5.41, 5.74) is 1.74. The molecular formula is C16H11Cl2NO. The van der Waals surface area contributed by atoms with Crippen LogP contribution in [0.3, 0.4) is 0 Å². The highest BCUT2D eigenvalue weighted by molar-refractivity contribution is 6.35. The fourth-order valence-corrected chi connectivity index (χ4v) is 2.49. The van der Waals surface area contributed by atoms with E-state index in [0.29, 0.717) is 21.5 Å². The molecule has 0 unspecified atom stereocenters. The molecular weight excluding hydrogens is 293 g/mol. The third kappa shape index (κ3) is 2.58. The number of fused-ring (bicyclic) bond motifs is 1. The zero-order chi connectivity index (χ0) is 14.1. The molecule has 0 fully saturated rings. The van der Waals surface area contributed by atoms with Crippen molar-refractivity contribution in [2.45, 2.75) is 6.92 Å². The van der Waals surface area contributed by atoms with Gasteiger partial charge < -0.3 is 4.74 Å². The number of hydrogen-bond donors (Lipinski definition) is 0. The quantitative estimate of drug-likeness (QED) is 0.611. The highest BCUT2D eigenvalue weighted by atomic mass is 35.5. The van der Waals surface area contributed by atoms with E-state index in [2.05, 4.69) is 4.98 Å². The lowest BCUT2D eigenvalue weighted by Gasteiger charge is -2.09. The van der Waals surface area contributed by atoms with Crippen molar-refractivity contribution in [3.8, 4) is 11.5 Å². The van der Waals surface area contributed by atoms with Crippen LogP contribution in [-0.4, -0.2) is 4.98 Å². The molecule has 2 nitrogen and oxygen atoms in total. The van der Waals surface area contributed by atoms with E-state index in [0.717, 1.165) is 16.6 Å². The lowest BCUT2D eigenvalue weighted by atomic mass is 10.2. The number of nitrogens with zero attached hydrogens (tertiary/aromatic N) is 1. The van der Waals surface area contributed by atoms with Crippen molar-refractivity contribution in [3.63, 3.8) is 0 Å². The van der Waals surface area contributed by atoms with E-state index in [1.807, 2.05) is 49.4 Å². The maximum atomic E-state index is 6.25. The molecule has 0 aliphatic rings. The Morgan fingerprint density at radius 2 is 1.75 bits per heavy atom. The fraction of sp³-hybridized carbons (Fsp3) is 0.0625. The Labute approximate surface area is 126 Å². The Morgan fingerprint density at radius 3 is 2.55 bits per heavy atom. The largest absolute Gasteiger partial charge is 0.456 e. The van der Waals surface area contributed by atoms with Gasteiger partial charge in [-0.15, -0.1) is 0 Å².